The van der Waals surface area contributed by atoms with Crippen molar-refractivity contribution in [3.05, 3.63) is 28.8 Å². The third-order valence-corrected chi connectivity index (χ3v) is 5.33. The van der Waals surface area contributed by atoms with E-state index in [9.17, 15) is 0 Å². The normalized spacial score (nSPS) is 31.2. The molecule has 0 aliphatic carbocycles. The Hall–Kier alpha value is -0.770. The highest BCUT2D eigenvalue weighted by molar-refractivity contribution is 6.30. The molecule has 1 spiro atoms. The van der Waals surface area contributed by atoms with Gasteiger partial charge in [-0.1, -0.05) is 17.7 Å². The van der Waals surface area contributed by atoms with E-state index in [1.165, 1.54) is 24.8 Å². The summed E-state index contributed by atoms with van der Waals surface area (Å²) < 4.78 is 12.2. The molecule has 108 valence electrons. The van der Waals surface area contributed by atoms with Gasteiger partial charge in [-0.2, -0.15) is 0 Å². The van der Waals surface area contributed by atoms with E-state index >= 15 is 0 Å². The topological polar surface area (TPSA) is 30.5 Å². The van der Waals surface area contributed by atoms with Crippen LogP contribution in [0.5, 0.6) is 5.75 Å². The molecule has 3 heterocycles. The quantitative estimate of drug-likeness (QED) is 0.797. The van der Waals surface area contributed by atoms with Crippen molar-refractivity contribution in [1.29, 1.82) is 0 Å². The predicted molar refractivity (Wildman–Crippen MR) is 78.3 cm³/mol. The molecule has 1 aromatic rings. The maximum atomic E-state index is 6.29. The molecule has 3 aliphatic rings. The standard InChI is InChI=1S/C16H20ClNO2/c17-12-1-2-13-14(7-12)19-9-11-8-16(10-20-15(11)13)3-5-18-6-4-16/h1-2,7,11,15,18H,3-6,8-10H2/t11-,15+/m0/s1. The summed E-state index contributed by atoms with van der Waals surface area (Å²) in [6.45, 7) is 3.88. The second-order valence-corrected chi connectivity index (χ2v) is 6.88. The maximum absolute atomic E-state index is 6.29. The van der Waals surface area contributed by atoms with E-state index in [0.29, 0.717) is 11.3 Å². The van der Waals surface area contributed by atoms with Crippen molar-refractivity contribution in [1.82, 2.24) is 5.32 Å². The van der Waals surface area contributed by atoms with Gasteiger partial charge in [0.1, 0.15) is 5.75 Å². The van der Waals surface area contributed by atoms with Crippen molar-refractivity contribution in [3.63, 3.8) is 0 Å². The Morgan fingerprint density at radius 1 is 1.25 bits per heavy atom. The van der Waals surface area contributed by atoms with Gasteiger partial charge in [-0.15, -0.1) is 0 Å². The first-order valence-electron chi connectivity index (χ1n) is 7.50. The van der Waals surface area contributed by atoms with Crippen molar-refractivity contribution in [2.45, 2.75) is 25.4 Å². The number of benzene rings is 1. The number of ether oxygens (including phenoxy) is 2. The zero-order valence-corrected chi connectivity index (χ0v) is 12.3. The highest BCUT2D eigenvalue weighted by Gasteiger charge is 2.45. The van der Waals surface area contributed by atoms with Crippen LogP contribution < -0.4 is 10.1 Å². The molecule has 20 heavy (non-hydrogen) atoms. The SMILES string of the molecule is Clc1ccc2c(c1)OC[C@@H]1CC3(CCNCC3)CO[C@@H]21. The summed E-state index contributed by atoms with van der Waals surface area (Å²) in [7, 11) is 0. The lowest BCUT2D eigenvalue weighted by molar-refractivity contribution is -0.128. The van der Waals surface area contributed by atoms with Crippen LogP contribution in [0.2, 0.25) is 5.02 Å². The van der Waals surface area contributed by atoms with Crippen LogP contribution in [0.1, 0.15) is 30.9 Å². The van der Waals surface area contributed by atoms with Crippen molar-refractivity contribution < 1.29 is 9.47 Å². The number of hydrogen-bond acceptors (Lipinski definition) is 3. The minimum atomic E-state index is 0.191. The Bertz CT molecular complexity index is 513. The Balaban J connectivity index is 1.59. The second kappa shape index (κ2) is 4.90. The van der Waals surface area contributed by atoms with E-state index in [4.69, 9.17) is 21.1 Å². The fraction of sp³-hybridized carbons (Fsp3) is 0.625. The molecule has 1 aromatic carbocycles. The molecule has 0 amide bonds. The molecule has 0 aromatic heterocycles. The average molecular weight is 294 g/mol. The summed E-state index contributed by atoms with van der Waals surface area (Å²) >= 11 is 6.04. The minimum Gasteiger partial charge on any atom is -0.493 e. The summed E-state index contributed by atoms with van der Waals surface area (Å²) in [4.78, 5) is 0. The van der Waals surface area contributed by atoms with Gasteiger partial charge in [0.15, 0.2) is 0 Å². The minimum absolute atomic E-state index is 0.191. The third kappa shape index (κ3) is 2.12. The van der Waals surface area contributed by atoms with Gasteiger partial charge >= 0.3 is 0 Å². The number of fused-ring (bicyclic) bond motifs is 3. The highest BCUT2D eigenvalue weighted by Crippen LogP contribution is 2.50. The Morgan fingerprint density at radius 3 is 2.95 bits per heavy atom. The van der Waals surface area contributed by atoms with Crippen LogP contribution in [0, 0.1) is 11.3 Å². The number of hydrogen-bond donors (Lipinski definition) is 1. The molecule has 2 atom stereocenters. The van der Waals surface area contributed by atoms with Gasteiger partial charge in [0, 0.05) is 16.5 Å². The molecule has 0 radical (unpaired) electrons. The summed E-state index contributed by atoms with van der Waals surface area (Å²) in [6, 6.07) is 5.91. The van der Waals surface area contributed by atoms with Gasteiger partial charge in [0.2, 0.25) is 0 Å². The predicted octanol–water partition coefficient (Wildman–Crippen LogP) is 3.18. The van der Waals surface area contributed by atoms with E-state index in [1.807, 2.05) is 12.1 Å². The van der Waals surface area contributed by atoms with Crippen molar-refractivity contribution >= 4 is 11.6 Å². The number of halogens is 1. The van der Waals surface area contributed by atoms with E-state index in [1.54, 1.807) is 0 Å². The van der Waals surface area contributed by atoms with Gasteiger partial charge in [-0.3, -0.25) is 0 Å². The second-order valence-electron chi connectivity index (χ2n) is 6.44. The number of piperidine rings is 1. The van der Waals surface area contributed by atoms with Crippen LogP contribution in [0.25, 0.3) is 0 Å². The molecule has 3 aliphatic heterocycles. The summed E-state index contributed by atoms with van der Waals surface area (Å²) in [5.41, 5.74) is 1.55. The van der Waals surface area contributed by atoms with E-state index < -0.39 is 0 Å². The van der Waals surface area contributed by atoms with Crippen molar-refractivity contribution in [2.75, 3.05) is 26.3 Å². The fourth-order valence-electron chi connectivity index (χ4n) is 3.99. The Kier molecular flexibility index (Phi) is 3.17. The van der Waals surface area contributed by atoms with Crippen LogP contribution in [-0.2, 0) is 4.74 Å². The molecule has 0 bridgehead atoms. The van der Waals surface area contributed by atoms with Crippen LogP contribution in [-0.4, -0.2) is 26.3 Å². The molecular weight excluding hydrogens is 274 g/mol. The molecule has 1 N–H and O–H groups in total. The van der Waals surface area contributed by atoms with Crippen LogP contribution in [0.3, 0.4) is 0 Å². The lowest BCUT2D eigenvalue weighted by atomic mass is 9.69. The van der Waals surface area contributed by atoms with Gasteiger partial charge in [0.05, 0.1) is 19.3 Å². The monoisotopic (exact) mass is 293 g/mol. The van der Waals surface area contributed by atoms with Gasteiger partial charge in [-0.25, -0.2) is 0 Å². The highest BCUT2D eigenvalue weighted by atomic mass is 35.5. The smallest absolute Gasteiger partial charge is 0.126 e. The zero-order valence-electron chi connectivity index (χ0n) is 11.5. The summed E-state index contributed by atoms with van der Waals surface area (Å²) in [5.74, 6) is 1.38. The van der Waals surface area contributed by atoms with Gasteiger partial charge < -0.3 is 14.8 Å². The van der Waals surface area contributed by atoms with E-state index in [0.717, 1.165) is 37.1 Å². The summed E-state index contributed by atoms with van der Waals surface area (Å²) in [5, 5.41) is 4.18. The van der Waals surface area contributed by atoms with Gasteiger partial charge in [0.25, 0.3) is 0 Å². The van der Waals surface area contributed by atoms with Crippen molar-refractivity contribution in [2.24, 2.45) is 11.3 Å². The number of rotatable bonds is 0. The number of nitrogens with one attached hydrogen (secondary N) is 1. The Labute approximate surface area is 124 Å². The van der Waals surface area contributed by atoms with Crippen molar-refractivity contribution in [3.8, 4) is 5.75 Å². The molecule has 0 unspecified atom stereocenters. The van der Waals surface area contributed by atoms with Crippen LogP contribution in [0.15, 0.2) is 18.2 Å². The van der Waals surface area contributed by atoms with Gasteiger partial charge in [-0.05, 0) is 49.9 Å². The Morgan fingerprint density at radius 2 is 2.10 bits per heavy atom. The molecule has 4 rings (SSSR count). The molecule has 4 heteroatoms. The molecular formula is C16H20ClNO2. The molecule has 2 saturated heterocycles. The third-order valence-electron chi connectivity index (χ3n) is 5.09. The molecule has 0 saturated carbocycles. The zero-order chi connectivity index (χ0) is 13.6. The largest absolute Gasteiger partial charge is 0.493 e. The molecule has 3 nitrogen and oxygen atoms in total. The van der Waals surface area contributed by atoms with Crippen LogP contribution in [0.4, 0.5) is 0 Å². The van der Waals surface area contributed by atoms with E-state index in [-0.39, 0.29) is 6.10 Å². The maximum Gasteiger partial charge on any atom is 0.126 e. The average Bonchev–Trinajstić information content (AvgIpc) is 2.47. The lowest BCUT2D eigenvalue weighted by Crippen LogP contribution is -2.47. The first-order chi connectivity index (χ1) is 9.76. The van der Waals surface area contributed by atoms with E-state index in [2.05, 4.69) is 11.4 Å². The first-order valence-corrected chi connectivity index (χ1v) is 7.88. The fourth-order valence-corrected chi connectivity index (χ4v) is 4.15. The molecule has 2 fully saturated rings. The first kappa shape index (κ1) is 12.9. The van der Waals surface area contributed by atoms with Crippen LogP contribution >= 0.6 is 11.6 Å². The summed E-state index contributed by atoms with van der Waals surface area (Å²) in [6.07, 6.45) is 3.87. The lowest BCUT2D eigenvalue weighted by Gasteiger charge is -2.48.